The predicted molar refractivity (Wildman–Crippen MR) is 82.3 cm³/mol. The lowest BCUT2D eigenvalue weighted by Crippen LogP contribution is -2.49. The summed E-state index contributed by atoms with van der Waals surface area (Å²) in [6, 6.07) is -0.122. The molecule has 0 bridgehead atoms. The van der Waals surface area contributed by atoms with Gasteiger partial charge in [0.15, 0.2) is 5.82 Å². The summed E-state index contributed by atoms with van der Waals surface area (Å²) in [5.74, 6) is 0.862. The highest BCUT2D eigenvalue weighted by Crippen LogP contribution is 2.26. The number of amides is 1. The second-order valence-electron chi connectivity index (χ2n) is 5.34. The third-order valence-electron chi connectivity index (χ3n) is 3.63. The average Bonchev–Trinajstić information content (AvgIpc) is 2.76. The van der Waals surface area contributed by atoms with Crippen molar-refractivity contribution in [1.29, 1.82) is 0 Å². The Morgan fingerprint density at radius 2 is 2.25 bits per heavy atom. The summed E-state index contributed by atoms with van der Waals surface area (Å²) in [6.45, 7) is 5.69. The van der Waals surface area contributed by atoms with Crippen LogP contribution in [0.2, 0.25) is 0 Å². The number of nitrogens with one attached hydrogen (secondary N) is 2. The smallest absolute Gasteiger partial charge is 0.227 e. The van der Waals surface area contributed by atoms with Gasteiger partial charge in [-0.1, -0.05) is 0 Å². The molecule has 1 aliphatic heterocycles. The number of hydrogen-bond acceptors (Lipinski definition) is 4. The largest absolute Gasteiger partial charge is 0.346 e. The minimum atomic E-state index is -0.314. The molecule has 2 N–H and O–H groups in total. The number of piperidine rings is 1. The Hall–Kier alpha value is -0.850. The van der Waals surface area contributed by atoms with Gasteiger partial charge in [0.1, 0.15) is 6.33 Å². The monoisotopic (exact) mass is 323 g/mol. The molecule has 0 spiro atoms. The zero-order valence-electron chi connectivity index (χ0n) is 12.0. The highest BCUT2D eigenvalue weighted by atomic mass is 35.5. The van der Waals surface area contributed by atoms with E-state index in [-0.39, 0.29) is 42.2 Å². The highest BCUT2D eigenvalue weighted by Gasteiger charge is 2.35. The van der Waals surface area contributed by atoms with E-state index in [1.807, 2.05) is 25.5 Å². The van der Waals surface area contributed by atoms with Gasteiger partial charge in [-0.15, -0.1) is 35.0 Å². The van der Waals surface area contributed by atoms with E-state index in [9.17, 15) is 4.79 Å². The van der Waals surface area contributed by atoms with E-state index in [0.717, 1.165) is 31.8 Å². The maximum absolute atomic E-state index is 12.3. The molecule has 2 unspecified atom stereocenters. The van der Waals surface area contributed by atoms with Crippen LogP contribution in [0.4, 0.5) is 0 Å². The molecule has 20 heavy (non-hydrogen) atoms. The van der Waals surface area contributed by atoms with Gasteiger partial charge in [0.2, 0.25) is 5.91 Å². The lowest BCUT2D eigenvalue weighted by molar-refractivity contribution is -0.131. The molecule has 1 aliphatic rings. The van der Waals surface area contributed by atoms with E-state index < -0.39 is 0 Å². The summed E-state index contributed by atoms with van der Waals surface area (Å²) in [5.41, 5.74) is -0.314. The Balaban J connectivity index is 0.00000180. The predicted octanol–water partition coefficient (Wildman–Crippen LogP) is 1.23. The Morgan fingerprint density at radius 3 is 2.75 bits per heavy atom. The molecule has 2 atom stereocenters. The van der Waals surface area contributed by atoms with Gasteiger partial charge in [0.05, 0.1) is 11.5 Å². The van der Waals surface area contributed by atoms with Crippen LogP contribution in [-0.4, -0.2) is 33.8 Å². The van der Waals surface area contributed by atoms with E-state index in [1.54, 1.807) is 6.33 Å². The SMILES string of the molecule is CC(NC(=O)C1(C)CCCNC1)c1nncn1C.Cl.Cl. The Morgan fingerprint density at radius 1 is 1.55 bits per heavy atom. The second-order valence-corrected chi connectivity index (χ2v) is 5.34. The molecule has 1 amide bonds. The first-order chi connectivity index (χ1) is 8.53. The Kier molecular flexibility index (Phi) is 7.47. The number of aryl methyl sites for hydroxylation is 1. The van der Waals surface area contributed by atoms with Crippen molar-refractivity contribution >= 4 is 30.7 Å². The number of carbonyl (C=O) groups is 1. The number of nitrogens with zero attached hydrogens (tertiary/aromatic N) is 3. The minimum Gasteiger partial charge on any atom is -0.346 e. The summed E-state index contributed by atoms with van der Waals surface area (Å²) >= 11 is 0. The van der Waals surface area contributed by atoms with Crippen LogP contribution in [0.5, 0.6) is 0 Å². The van der Waals surface area contributed by atoms with Crippen molar-refractivity contribution in [3.05, 3.63) is 12.2 Å². The zero-order valence-corrected chi connectivity index (χ0v) is 13.7. The third kappa shape index (κ3) is 4.07. The van der Waals surface area contributed by atoms with Crippen molar-refractivity contribution in [2.24, 2.45) is 12.5 Å². The number of hydrogen-bond donors (Lipinski definition) is 2. The topological polar surface area (TPSA) is 71.8 Å². The standard InChI is InChI=1S/C12H21N5O.2ClH/c1-9(10-16-14-8-17(10)3)15-11(18)12(2)5-4-6-13-7-12;;/h8-9,13H,4-7H2,1-3H3,(H,15,18);2*1H. The molecular formula is C12H23Cl2N5O. The summed E-state index contributed by atoms with van der Waals surface area (Å²) < 4.78 is 1.83. The van der Waals surface area contributed by atoms with Crippen LogP contribution >= 0.6 is 24.8 Å². The molecule has 1 fully saturated rings. The van der Waals surface area contributed by atoms with Crippen LogP contribution in [0.15, 0.2) is 6.33 Å². The fourth-order valence-corrected chi connectivity index (χ4v) is 2.37. The van der Waals surface area contributed by atoms with Crippen LogP contribution in [-0.2, 0) is 11.8 Å². The van der Waals surface area contributed by atoms with Gasteiger partial charge in [0, 0.05) is 13.6 Å². The summed E-state index contributed by atoms with van der Waals surface area (Å²) in [7, 11) is 1.88. The van der Waals surface area contributed by atoms with Gasteiger partial charge in [-0.25, -0.2) is 0 Å². The van der Waals surface area contributed by atoms with Crippen LogP contribution in [0, 0.1) is 5.41 Å². The summed E-state index contributed by atoms with van der Waals surface area (Å²) in [6.07, 6.45) is 3.61. The normalized spacial score (nSPS) is 23.1. The summed E-state index contributed by atoms with van der Waals surface area (Å²) in [5, 5.41) is 14.2. The molecule has 6 nitrogen and oxygen atoms in total. The number of aromatic nitrogens is 3. The lowest BCUT2D eigenvalue weighted by Gasteiger charge is -2.33. The fraction of sp³-hybridized carbons (Fsp3) is 0.750. The number of halogens is 2. The maximum atomic E-state index is 12.3. The van der Waals surface area contributed by atoms with Crippen molar-refractivity contribution in [2.75, 3.05) is 13.1 Å². The molecule has 2 rings (SSSR count). The number of carbonyl (C=O) groups excluding carboxylic acids is 1. The maximum Gasteiger partial charge on any atom is 0.227 e. The van der Waals surface area contributed by atoms with Crippen LogP contribution < -0.4 is 10.6 Å². The first-order valence-electron chi connectivity index (χ1n) is 6.38. The molecular weight excluding hydrogens is 301 g/mol. The van der Waals surface area contributed by atoms with Crippen molar-refractivity contribution in [1.82, 2.24) is 25.4 Å². The quantitative estimate of drug-likeness (QED) is 0.877. The fourth-order valence-electron chi connectivity index (χ4n) is 2.37. The van der Waals surface area contributed by atoms with Crippen molar-refractivity contribution in [3.8, 4) is 0 Å². The molecule has 0 aromatic carbocycles. The van der Waals surface area contributed by atoms with Gasteiger partial charge in [0.25, 0.3) is 0 Å². The third-order valence-corrected chi connectivity index (χ3v) is 3.63. The molecule has 1 aromatic rings. The Labute approximate surface area is 131 Å². The second kappa shape index (κ2) is 7.81. The Bertz CT molecular complexity index is 431. The van der Waals surface area contributed by atoms with Crippen LogP contribution in [0.3, 0.4) is 0 Å². The van der Waals surface area contributed by atoms with Crippen molar-refractivity contribution in [2.45, 2.75) is 32.7 Å². The van der Waals surface area contributed by atoms with Gasteiger partial charge in [-0.3, -0.25) is 4.79 Å². The average molecular weight is 324 g/mol. The van der Waals surface area contributed by atoms with Gasteiger partial charge in [-0.05, 0) is 33.2 Å². The van der Waals surface area contributed by atoms with E-state index in [0.29, 0.717) is 0 Å². The summed E-state index contributed by atoms with van der Waals surface area (Å²) in [4.78, 5) is 12.3. The van der Waals surface area contributed by atoms with Crippen LogP contribution in [0.1, 0.15) is 38.6 Å². The molecule has 8 heteroatoms. The van der Waals surface area contributed by atoms with E-state index >= 15 is 0 Å². The van der Waals surface area contributed by atoms with E-state index in [4.69, 9.17) is 0 Å². The number of rotatable bonds is 3. The molecule has 1 saturated heterocycles. The van der Waals surface area contributed by atoms with Gasteiger partial charge in [-0.2, -0.15) is 0 Å². The minimum absolute atomic E-state index is 0. The van der Waals surface area contributed by atoms with Crippen molar-refractivity contribution in [3.63, 3.8) is 0 Å². The lowest BCUT2D eigenvalue weighted by atomic mass is 9.82. The van der Waals surface area contributed by atoms with Crippen molar-refractivity contribution < 1.29 is 4.79 Å². The zero-order chi connectivity index (χ0) is 13.2. The molecule has 0 saturated carbocycles. The van der Waals surface area contributed by atoms with Crippen LogP contribution in [0.25, 0.3) is 0 Å². The van der Waals surface area contributed by atoms with Gasteiger partial charge >= 0.3 is 0 Å². The molecule has 0 aliphatic carbocycles. The first kappa shape index (κ1) is 19.1. The van der Waals surface area contributed by atoms with E-state index in [2.05, 4.69) is 20.8 Å². The molecule has 1 aromatic heterocycles. The highest BCUT2D eigenvalue weighted by molar-refractivity contribution is 5.85. The molecule has 0 radical (unpaired) electrons. The first-order valence-corrected chi connectivity index (χ1v) is 6.38. The molecule has 116 valence electrons. The van der Waals surface area contributed by atoms with Gasteiger partial charge < -0.3 is 15.2 Å². The van der Waals surface area contributed by atoms with E-state index in [1.165, 1.54) is 0 Å². The molecule has 2 heterocycles.